The normalized spacial score (nSPS) is 30.7. The van der Waals surface area contributed by atoms with Crippen LogP contribution in [0.25, 0.3) is 0 Å². The molecule has 0 aromatic heterocycles. The lowest BCUT2D eigenvalue weighted by Gasteiger charge is -2.41. The summed E-state index contributed by atoms with van der Waals surface area (Å²) in [5.74, 6) is 0.895. The number of rotatable bonds is 5. The number of hydrogen-bond acceptors (Lipinski definition) is 2. The van der Waals surface area contributed by atoms with Crippen molar-refractivity contribution in [1.82, 2.24) is 4.90 Å². The second-order valence-electron chi connectivity index (χ2n) is 6.02. The quantitative estimate of drug-likeness (QED) is 0.727. The summed E-state index contributed by atoms with van der Waals surface area (Å²) in [6.45, 7) is 11.4. The maximum absolute atomic E-state index is 6.01. The molecule has 0 heterocycles. The molecule has 0 atom stereocenters. The minimum absolute atomic E-state index is 0.372. The fourth-order valence-corrected chi connectivity index (χ4v) is 2.89. The predicted octanol–water partition coefficient (Wildman–Crippen LogP) is 2.65. The zero-order chi connectivity index (χ0) is 12.2. The van der Waals surface area contributed by atoms with Crippen LogP contribution in [-0.2, 0) is 0 Å². The SMILES string of the molecule is C=C(C)CN(C)CC1(CN)CCC(C)CC1. The zero-order valence-electron chi connectivity index (χ0n) is 11.3. The Hall–Kier alpha value is -0.340. The van der Waals surface area contributed by atoms with Gasteiger partial charge in [0.15, 0.2) is 0 Å². The van der Waals surface area contributed by atoms with E-state index >= 15 is 0 Å². The molecule has 1 fully saturated rings. The maximum Gasteiger partial charge on any atom is 0.0184 e. The topological polar surface area (TPSA) is 29.3 Å². The molecule has 0 aromatic rings. The average molecular weight is 224 g/mol. The molecule has 1 saturated carbocycles. The van der Waals surface area contributed by atoms with Crippen molar-refractivity contribution in [3.05, 3.63) is 12.2 Å². The predicted molar refractivity (Wildman–Crippen MR) is 71.4 cm³/mol. The van der Waals surface area contributed by atoms with Crippen molar-refractivity contribution in [2.24, 2.45) is 17.1 Å². The van der Waals surface area contributed by atoms with Crippen LogP contribution in [0.2, 0.25) is 0 Å². The molecule has 1 aliphatic carbocycles. The Kier molecular flexibility index (Phi) is 5.00. The number of nitrogens with zero attached hydrogens (tertiary/aromatic N) is 1. The third-order valence-corrected chi connectivity index (χ3v) is 3.91. The minimum atomic E-state index is 0.372. The third kappa shape index (κ3) is 3.91. The molecule has 94 valence electrons. The summed E-state index contributed by atoms with van der Waals surface area (Å²) in [6.07, 6.45) is 5.28. The average Bonchev–Trinajstić information content (AvgIpc) is 2.21. The van der Waals surface area contributed by atoms with E-state index in [0.29, 0.717) is 5.41 Å². The second kappa shape index (κ2) is 5.83. The molecule has 0 spiro atoms. The van der Waals surface area contributed by atoms with Gasteiger partial charge in [-0.2, -0.15) is 0 Å². The monoisotopic (exact) mass is 224 g/mol. The number of likely N-dealkylation sites (N-methyl/N-ethyl adjacent to an activating group) is 1. The first-order valence-corrected chi connectivity index (χ1v) is 6.50. The summed E-state index contributed by atoms with van der Waals surface area (Å²) in [5, 5.41) is 0. The van der Waals surface area contributed by atoms with Crippen LogP contribution >= 0.6 is 0 Å². The van der Waals surface area contributed by atoms with Crippen molar-refractivity contribution < 1.29 is 0 Å². The molecule has 0 bridgehead atoms. The number of nitrogens with two attached hydrogens (primary N) is 1. The van der Waals surface area contributed by atoms with E-state index in [1.54, 1.807) is 0 Å². The van der Waals surface area contributed by atoms with Crippen LogP contribution in [0.5, 0.6) is 0 Å². The van der Waals surface area contributed by atoms with Gasteiger partial charge in [0.1, 0.15) is 0 Å². The Morgan fingerprint density at radius 2 is 2.00 bits per heavy atom. The van der Waals surface area contributed by atoms with Crippen molar-refractivity contribution >= 4 is 0 Å². The molecule has 0 amide bonds. The van der Waals surface area contributed by atoms with Gasteiger partial charge in [-0.25, -0.2) is 0 Å². The first kappa shape index (κ1) is 13.7. The van der Waals surface area contributed by atoms with Crippen LogP contribution in [0, 0.1) is 11.3 Å². The van der Waals surface area contributed by atoms with Crippen molar-refractivity contribution in [2.75, 3.05) is 26.7 Å². The maximum atomic E-state index is 6.01. The molecule has 0 aromatic carbocycles. The van der Waals surface area contributed by atoms with Crippen LogP contribution in [0.15, 0.2) is 12.2 Å². The van der Waals surface area contributed by atoms with E-state index in [0.717, 1.165) is 25.6 Å². The second-order valence-corrected chi connectivity index (χ2v) is 6.02. The van der Waals surface area contributed by atoms with Gasteiger partial charge in [0.05, 0.1) is 0 Å². The molecule has 1 aliphatic rings. The summed E-state index contributed by atoms with van der Waals surface area (Å²) in [6, 6.07) is 0. The lowest BCUT2D eigenvalue weighted by atomic mass is 9.70. The molecule has 0 radical (unpaired) electrons. The highest BCUT2D eigenvalue weighted by atomic mass is 15.1. The molecule has 0 unspecified atom stereocenters. The van der Waals surface area contributed by atoms with Crippen LogP contribution in [0.4, 0.5) is 0 Å². The van der Waals surface area contributed by atoms with Crippen LogP contribution in [-0.4, -0.2) is 31.6 Å². The van der Waals surface area contributed by atoms with Gasteiger partial charge in [0.2, 0.25) is 0 Å². The Labute approximate surface area is 101 Å². The molecule has 1 rings (SSSR count). The van der Waals surface area contributed by atoms with Gasteiger partial charge in [0.25, 0.3) is 0 Å². The standard InChI is InChI=1S/C14H28N2/c1-12(2)9-16(4)11-14(10-15)7-5-13(3)6-8-14/h13H,1,5-11,15H2,2-4H3. The van der Waals surface area contributed by atoms with Crippen LogP contribution in [0.1, 0.15) is 39.5 Å². The van der Waals surface area contributed by atoms with Crippen LogP contribution in [0.3, 0.4) is 0 Å². The molecular formula is C14H28N2. The Morgan fingerprint density at radius 1 is 1.44 bits per heavy atom. The van der Waals surface area contributed by atoms with Gasteiger partial charge in [-0.15, -0.1) is 0 Å². The highest BCUT2D eigenvalue weighted by Gasteiger charge is 2.33. The molecule has 2 nitrogen and oxygen atoms in total. The summed E-state index contributed by atoms with van der Waals surface area (Å²) >= 11 is 0. The van der Waals surface area contributed by atoms with Gasteiger partial charge < -0.3 is 10.6 Å². The van der Waals surface area contributed by atoms with E-state index in [-0.39, 0.29) is 0 Å². The molecule has 0 saturated heterocycles. The summed E-state index contributed by atoms with van der Waals surface area (Å²) in [5.41, 5.74) is 7.62. The molecular weight excluding hydrogens is 196 g/mol. The van der Waals surface area contributed by atoms with E-state index in [4.69, 9.17) is 5.73 Å². The van der Waals surface area contributed by atoms with Crippen molar-refractivity contribution in [2.45, 2.75) is 39.5 Å². The largest absolute Gasteiger partial charge is 0.330 e. The Morgan fingerprint density at radius 3 is 2.44 bits per heavy atom. The summed E-state index contributed by atoms with van der Waals surface area (Å²) < 4.78 is 0. The van der Waals surface area contributed by atoms with E-state index in [1.807, 2.05) is 0 Å². The van der Waals surface area contributed by atoms with E-state index < -0.39 is 0 Å². The smallest absolute Gasteiger partial charge is 0.0184 e. The van der Waals surface area contributed by atoms with Crippen molar-refractivity contribution in [3.8, 4) is 0 Å². The van der Waals surface area contributed by atoms with Crippen LogP contribution < -0.4 is 5.73 Å². The lowest BCUT2D eigenvalue weighted by molar-refractivity contribution is 0.113. The van der Waals surface area contributed by atoms with E-state index in [2.05, 4.69) is 32.4 Å². The zero-order valence-corrected chi connectivity index (χ0v) is 11.3. The van der Waals surface area contributed by atoms with Gasteiger partial charge in [-0.05, 0) is 44.7 Å². The molecule has 16 heavy (non-hydrogen) atoms. The Bertz CT molecular complexity index is 227. The minimum Gasteiger partial charge on any atom is -0.330 e. The van der Waals surface area contributed by atoms with Crippen molar-refractivity contribution in [3.63, 3.8) is 0 Å². The Balaban J connectivity index is 2.50. The van der Waals surface area contributed by atoms with Gasteiger partial charge in [-0.3, -0.25) is 0 Å². The van der Waals surface area contributed by atoms with E-state index in [1.165, 1.54) is 31.3 Å². The van der Waals surface area contributed by atoms with Gasteiger partial charge in [0, 0.05) is 13.1 Å². The molecule has 2 heteroatoms. The van der Waals surface area contributed by atoms with Gasteiger partial charge in [-0.1, -0.05) is 31.9 Å². The highest BCUT2D eigenvalue weighted by molar-refractivity contribution is 4.94. The third-order valence-electron chi connectivity index (χ3n) is 3.91. The summed E-state index contributed by atoms with van der Waals surface area (Å²) in [4.78, 5) is 2.38. The first-order chi connectivity index (χ1) is 7.47. The molecule has 2 N–H and O–H groups in total. The summed E-state index contributed by atoms with van der Waals surface area (Å²) in [7, 11) is 2.18. The fraction of sp³-hybridized carbons (Fsp3) is 0.857. The first-order valence-electron chi connectivity index (χ1n) is 6.50. The highest BCUT2D eigenvalue weighted by Crippen LogP contribution is 2.38. The lowest BCUT2D eigenvalue weighted by Crippen LogP contribution is -2.43. The van der Waals surface area contributed by atoms with Crippen molar-refractivity contribution in [1.29, 1.82) is 0 Å². The molecule has 0 aliphatic heterocycles. The number of hydrogen-bond donors (Lipinski definition) is 1. The van der Waals surface area contributed by atoms with E-state index in [9.17, 15) is 0 Å². The fourth-order valence-electron chi connectivity index (χ4n) is 2.89. The van der Waals surface area contributed by atoms with Gasteiger partial charge >= 0.3 is 0 Å².